The van der Waals surface area contributed by atoms with Crippen molar-refractivity contribution in [2.45, 2.75) is 32.3 Å². The van der Waals surface area contributed by atoms with Gasteiger partial charge in [0.2, 0.25) is 0 Å². The molecule has 2 atom stereocenters. The highest BCUT2D eigenvalue weighted by Crippen LogP contribution is 2.31. The molecule has 3 aliphatic rings. The topological polar surface area (TPSA) is 142 Å². The Bertz CT molecular complexity index is 1160. The van der Waals surface area contributed by atoms with Gasteiger partial charge < -0.3 is 20.1 Å². The molecule has 2 aromatic heterocycles. The molecule has 2 N–H and O–H groups in total. The Morgan fingerprint density at radius 3 is 2.97 bits per heavy atom. The predicted octanol–water partition coefficient (Wildman–Crippen LogP) is 1.10. The molecule has 1 saturated heterocycles. The van der Waals surface area contributed by atoms with Gasteiger partial charge in [-0.3, -0.25) is 14.7 Å². The van der Waals surface area contributed by atoms with Crippen LogP contribution in [0, 0.1) is 24.2 Å². The molecule has 11 heteroatoms. The summed E-state index contributed by atoms with van der Waals surface area (Å²) < 4.78 is 10.7. The van der Waals surface area contributed by atoms with Crippen molar-refractivity contribution in [1.82, 2.24) is 20.3 Å². The van der Waals surface area contributed by atoms with Gasteiger partial charge in [0.15, 0.2) is 18.2 Å². The van der Waals surface area contributed by atoms with Gasteiger partial charge in [0, 0.05) is 11.9 Å². The van der Waals surface area contributed by atoms with Crippen LogP contribution in [0.3, 0.4) is 0 Å². The highest BCUT2D eigenvalue weighted by Gasteiger charge is 2.34. The maximum absolute atomic E-state index is 12.3. The second kappa shape index (κ2) is 8.63. The first-order valence-electron chi connectivity index (χ1n) is 10.9. The molecule has 170 valence electrons. The molecule has 0 aromatic carbocycles. The molecule has 2 amide bonds. The average molecular weight is 449 g/mol. The summed E-state index contributed by atoms with van der Waals surface area (Å²) >= 11 is 0. The zero-order valence-electron chi connectivity index (χ0n) is 18.1. The van der Waals surface area contributed by atoms with Crippen molar-refractivity contribution in [2.24, 2.45) is 5.92 Å². The van der Waals surface area contributed by atoms with Gasteiger partial charge in [0.05, 0.1) is 18.3 Å². The van der Waals surface area contributed by atoms with Crippen LogP contribution in [0.25, 0.3) is 0 Å². The minimum Gasteiger partial charge on any atom is -0.465 e. The number of rotatable bonds is 6. The van der Waals surface area contributed by atoms with E-state index in [1.807, 2.05) is 6.92 Å². The number of anilines is 2. The summed E-state index contributed by atoms with van der Waals surface area (Å²) in [5.41, 5.74) is 4.01. The third kappa shape index (κ3) is 4.17. The third-order valence-electron chi connectivity index (χ3n) is 6.17. The van der Waals surface area contributed by atoms with Crippen LogP contribution >= 0.6 is 0 Å². The number of fused-ring (bicyclic) bond motifs is 2. The number of nitriles is 1. The van der Waals surface area contributed by atoms with Crippen LogP contribution < -0.4 is 20.3 Å². The highest BCUT2D eigenvalue weighted by atomic mass is 16.6. The van der Waals surface area contributed by atoms with E-state index in [9.17, 15) is 14.9 Å². The largest absolute Gasteiger partial charge is 0.465 e. The lowest BCUT2D eigenvalue weighted by atomic mass is 10.0. The van der Waals surface area contributed by atoms with E-state index in [4.69, 9.17) is 9.47 Å². The van der Waals surface area contributed by atoms with Crippen molar-refractivity contribution in [2.75, 3.05) is 36.5 Å². The molecule has 0 radical (unpaired) electrons. The Labute approximate surface area is 190 Å². The fraction of sp³-hybridized carbons (Fsp3) is 0.455. The van der Waals surface area contributed by atoms with Gasteiger partial charge in [-0.25, -0.2) is 14.8 Å². The molecular formula is C22H23N7O4. The average Bonchev–Trinajstić information content (AvgIpc) is 3.40. The van der Waals surface area contributed by atoms with E-state index in [0.29, 0.717) is 36.8 Å². The number of hydrogen-bond donors (Lipinski definition) is 2. The molecule has 2 aromatic rings. The lowest BCUT2D eigenvalue weighted by Gasteiger charge is -2.18. The van der Waals surface area contributed by atoms with E-state index in [-0.39, 0.29) is 30.3 Å². The van der Waals surface area contributed by atoms with Gasteiger partial charge in [-0.05, 0) is 56.3 Å². The number of nitrogens with zero attached hydrogens (tertiary/aromatic N) is 5. The van der Waals surface area contributed by atoms with E-state index in [1.54, 1.807) is 6.20 Å². The van der Waals surface area contributed by atoms with Crippen LogP contribution in [0.4, 0.5) is 16.4 Å². The summed E-state index contributed by atoms with van der Waals surface area (Å²) in [4.78, 5) is 38.0. The molecular weight excluding hydrogens is 426 g/mol. The molecule has 0 bridgehead atoms. The van der Waals surface area contributed by atoms with Gasteiger partial charge in [0.1, 0.15) is 12.2 Å². The first-order valence-corrected chi connectivity index (χ1v) is 10.9. The van der Waals surface area contributed by atoms with Crippen LogP contribution in [0.15, 0.2) is 12.4 Å². The molecule has 0 spiro atoms. The maximum atomic E-state index is 12.3. The lowest BCUT2D eigenvalue weighted by molar-refractivity contribution is -0.118. The number of carbonyl (C=O) groups excluding carboxylic acids is 2. The van der Waals surface area contributed by atoms with Gasteiger partial charge in [-0.15, -0.1) is 0 Å². The predicted molar refractivity (Wildman–Crippen MR) is 116 cm³/mol. The van der Waals surface area contributed by atoms with Crippen LogP contribution in [-0.2, 0) is 22.4 Å². The van der Waals surface area contributed by atoms with E-state index >= 15 is 0 Å². The first kappa shape index (κ1) is 21.1. The summed E-state index contributed by atoms with van der Waals surface area (Å²) in [6.07, 6.45) is 4.78. The van der Waals surface area contributed by atoms with E-state index in [1.165, 1.54) is 16.7 Å². The smallest absolute Gasteiger partial charge is 0.415 e. The summed E-state index contributed by atoms with van der Waals surface area (Å²) in [5.74, 6) is 0.835. The summed E-state index contributed by atoms with van der Waals surface area (Å²) in [7, 11) is 0. The molecule has 1 unspecified atom stereocenters. The summed E-state index contributed by atoms with van der Waals surface area (Å²) in [6, 6.07) is 2.25. The fourth-order valence-electron chi connectivity index (χ4n) is 4.51. The Kier molecular flexibility index (Phi) is 5.51. The minimum absolute atomic E-state index is 0.106. The van der Waals surface area contributed by atoms with Crippen molar-refractivity contribution in [3.05, 3.63) is 34.8 Å². The number of amides is 2. The van der Waals surface area contributed by atoms with Crippen LogP contribution in [-0.4, -0.2) is 59.3 Å². The third-order valence-corrected chi connectivity index (χ3v) is 6.17. The quantitative estimate of drug-likeness (QED) is 0.620. The van der Waals surface area contributed by atoms with Gasteiger partial charge in [-0.1, -0.05) is 0 Å². The second-order valence-corrected chi connectivity index (χ2v) is 8.43. The number of cyclic esters (lactones) is 1. The number of pyridine rings is 1. The molecule has 2 aliphatic heterocycles. The zero-order valence-corrected chi connectivity index (χ0v) is 18.1. The van der Waals surface area contributed by atoms with Crippen LogP contribution in [0.5, 0.6) is 5.88 Å². The molecule has 0 saturated carbocycles. The van der Waals surface area contributed by atoms with Gasteiger partial charge >= 0.3 is 6.09 Å². The van der Waals surface area contributed by atoms with Crippen molar-refractivity contribution in [3.8, 4) is 11.9 Å². The van der Waals surface area contributed by atoms with Gasteiger partial charge in [-0.2, -0.15) is 5.26 Å². The SMILES string of the molecule is Cc1ncc(C#N)c2c1CC(CNCC[C@@H]1CN(c3cnc4c(n3)NC(=O)CO4)C(=O)O1)C2. The maximum Gasteiger partial charge on any atom is 0.415 e. The van der Waals surface area contributed by atoms with Crippen molar-refractivity contribution in [1.29, 1.82) is 5.26 Å². The number of nitrogens with one attached hydrogen (secondary N) is 2. The molecule has 11 nitrogen and oxygen atoms in total. The Morgan fingerprint density at radius 2 is 2.12 bits per heavy atom. The van der Waals surface area contributed by atoms with E-state index in [2.05, 4.69) is 31.7 Å². The molecule has 5 rings (SSSR count). The molecule has 4 heterocycles. The number of aromatic nitrogens is 3. The zero-order chi connectivity index (χ0) is 22.9. The number of hydrogen-bond acceptors (Lipinski definition) is 9. The molecule has 33 heavy (non-hydrogen) atoms. The fourth-order valence-corrected chi connectivity index (χ4v) is 4.51. The Morgan fingerprint density at radius 1 is 1.27 bits per heavy atom. The van der Waals surface area contributed by atoms with E-state index < -0.39 is 6.09 Å². The summed E-state index contributed by atoms with van der Waals surface area (Å²) in [6.45, 7) is 3.75. The van der Waals surface area contributed by atoms with Crippen molar-refractivity contribution in [3.63, 3.8) is 0 Å². The van der Waals surface area contributed by atoms with Crippen LogP contribution in [0.2, 0.25) is 0 Å². The second-order valence-electron chi connectivity index (χ2n) is 8.43. The summed E-state index contributed by atoms with van der Waals surface area (Å²) in [5, 5.41) is 15.4. The highest BCUT2D eigenvalue weighted by molar-refractivity contribution is 5.94. The number of ether oxygens (including phenoxy) is 2. The lowest BCUT2D eigenvalue weighted by Crippen LogP contribution is -2.30. The minimum atomic E-state index is -0.490. The molecule has 1 aliphatic carbocycles. The van der Waals surface area contributed by atoms with Crippen molar-refractivity contribution < 1.29 is 19.1 Å². The monoisotopic (exact) mass is 449 g/mol. The van der Waals surface area contributed by atoms with E-state index in [0.717, 1.165) is 30.6 Å². The Balaban J connectivity index is 1.11. The van der Waals surface area contributed by atoms with Crippen molar-refractivity contribution >= 4 is 23.6 Å². The number of aryl methyl sites for hydroxylation is 1. The van der Waals surface area contributed by atoms with Crippen LogP contribution in [0.1, 0.15) is 28.8 Å². The normalized spacial score (nSPS) is 21.0. The molecule has 1 fully saturated rings. The number of carbonyl (C=O) groups is 2. The Hall–Kier alpha value is -3.78. The standard InChI is InChI=1S/C22H23N7O4/c1-12-16-4-13(5-17(16)14(6-23)8-25-12)7-24-3-2-15-10-29(22(31)33-15)18-9-26-21-20(27-18)28-19(30)11-32-21/h8-9,13,15,24H,2-5,7,10-11H2,1H3,(H,27,28,30)/t13?,15-/m1/s1. The van der Waals surface area contributed by atoms with Gasteiger partial charge in [0.25, 0.3) is 11.8 Å². The first-order chi connectivity index (χ1) is 16.0.